The lowest BCUT2D eigenvalue weighted by Gasteiger charge is -2.10. The average molecular weight is 348 g/mol. The Morgan fingerprint density at radius 1 is 0.800 bits per heavy atom. The molecule has 0 aliphatic carbocycles. The molecule has 0 heterocycles. The Labute approximate surface area is 150 Å². The van der Waals surface area contributed by atoms with Crippen LogP contribution in [0.5, 0.6) is 5.75 Å². The van der Waals surface area contributed by atoms with Gasteiger partial charge in [-0.25, -0.2) is 4.79 Å². The van der Waals surface area contributed by atoms with Gasteiger partial charge in [0.25, 0.3) is 0 Å². The van der Waals surface area contributed by atoms with Crippen molar-refractivity contribution in [2.75, 3.05) is 10.6 Å². The van der Waals surface area contributed by atoms with Crippen LogP contribution in [0.2, 0.25) is 0 Å². The van der Waals surface area contributed by atoms with Crippen LogP contribution in [0.25, 0.3) is 0 Å². The van der Waals surface area contributed by atoms with E-state index >= 15 is 0 Å². The van der Waals surface area contributed by atoms with Crippen LogP contribution < -0.4 is 20.6 Å². The number of amides is 2. The zero-order valence-corrected chi connectivity index (χ0v) is 16.0. The molecule has 0 fully saturated rings. The number of ether oxygens (including phenoxy) is 1. The van der Waals surface area contributed by atoms with Crippen LogP contribution in [-0.4, -0.2) is 16.3 Å². The molecule has 0 unspecified atom stereocenters. The lowest BCUT2D eigenvalue weighted by Crippen LogP contribution is -2.19. The van der Waals surface area contributed by atoms with Crippen molar-refractivity contribution in [1.82, 2.24) is 0 Å². The first-order valence-corrected chi connectivity index (χ1v) is 9.10. The maximum absolute atomic E-state index is 12.0. The molecule has 0 saturated heterocycles. The third kappa shape index (κ3) is 5.22. The largest absolute Gasteiger partial charge is 0.489 e. The molecule has 3 aromatic carbocycles. The SMILES string of the molecule is O=C(Nc1ccc([SiH3])cc1)Nc1ccc(OCc2ccccc2)cc1. The zero-order valence-electron chi connectivity index (χ0n) is 14.0. The Kier molecular flexibility index (Phi) is 5.49. The number of nitrogens with one attached hydrogen (secondary N) is 2. The molecule has 126 valence electrons. The monoisotopic (exact) mass is 348 g/mol. The average Bonchev–Trinajstić information content (AvgIpc) is 2.64. The molecule has 0 aliphatic rings. The Bertz CT molecular complexity index is 819. The molecule has 5 heteroatoms. The number of anilines is 2. The third-order valence-electron chi connectivity index (χ3n) is 3.67. The first-order valence-electron chi connectivity index (χ1n) is 8.10. The van der Waals surface area contributed by atoms with Gasteiger partial charge < -0.3 is 15.4 Å². The molecule has 0 spiro atoms. The highest BCUT2D eigenvalue weighted by atomic mass is 28.1. The van der Waals surface area contributed by atoms with E-state index in [1.165, 1.54) is 5.19 Å². The number of urea groups is 1. The molecule has 2 N–H and O–H groups in total. The Morgan fingerprint density at radius 3 is 1.96 bits per heavy atom. The van der Waals surface area contributed by atoms with Crippen LogP contribution in [0.4, 0.5) is 16.2 Å². The fraction of sp³-hybridized carbons (Fsp3) is 0.0500. The third-order valence-corrected chi connectivity index (χ3v) is 4.34. The normalized spacial score (nSPS) is 10.2. The summed E-state index contributed by atoms with van der Waals surface area (Å²) < 4.78 is 5.73. The summed E-state index contributed by atoms with van der Waals surface area (Å²) >= 11 is 0. The molecule has 0 atom stereocenters. The summed E-state index contributed by atoms with van der Waals surface area (Å²) in [6.07, 6.45) is 0. The molecule has 25 heavy (non-hydrogen) atoms. The van der Waals surface area contributed by atoms with Crippen molar-refractivity contribution in [1.29, 1.82) is 0 Å². The van der Waals surface area contributed by atoms with Gasteiger partial charge in [-0.2, -0.15) is 0 Å². The number of carbonyl (C=O) groups is 1. The minimum atomic E-state index is -0.265. The molecule has 0 radical (unpaired) electrons. The van der Waals surface area contributed by atoms with Gasteiger partial charge in [0, 0.05) is 21.6 Å². The predicted molar refractivity (Wildman–Crippen MR) is 106 cm³/mol. The minimum absolute atomic E-state index is 0.265. The van der Waals surface area contributed by atoms with Gasteiger partial charge in [0.05, 0.1) is 0 Å². The van der Waals surface area contributed by atoms with Crippen molar-refractivity contribution >= 4 is 32.8 Å². The number of hydrogen-bond acceptors (Lipinski definition) is 2. The summed E-state index contributed by atoms with van der Waals surface area (Å²) in [7, 11) is 1.00. The van der Waals surface area contributed by atoms with Gasteiger partial charge in [-0.05, 0) is 42.0 Å². The van der Waals surface area contributed by atoms with Crippen molar-refractivity contribution in [3.05, 3.63) is 84.4 Å². The van der Waals surface area contributed by atoms with E-state index in [9.17, 15) is 4.79 Å². The van der Waals surface area contributed by atoms with E-state index < -0.39 is 0 Å². The molecule has 0 aliphatic heterocycles. The van der Waals surface area contributed by atoms with Crippen molar-refractivity contribution in [2.45, 2.75) is 6.61 Å². The van der Waals surface area contributed by atoms with Crippen LogP contribution in [0, 0.1) is 0 Å². The van der Waals surface area contributed by atoms with Gasteiger partial charge in [-0.15, -0.1) is 0 Å². The molecular weight excluding hydrogens is 328 g/mol. The van der Waals surface area contributed by atoms with Gasteiger partial charge >= 0.3 is 6.03 Å². The molecule has 0 aromatic heterocycles. The second kappa shape index (κ2) is 8.17. The highest BCUT2D eigenvalue weighted by Crippen LogP contribution is 2.17. The Balaban J connectivity index is 1.51. The van der Waals surface area contributed by atoms with Crippen LogP contribution in [0.1, 0.15) is 5.56 Å². The molecular formula is C20H20N2O2Si. The zero-order chi connectivity index (χ0) is 17.5. The van der Waals surface area contributed by atoms with E-state index in [1.54, 1.807) is 0 Å². The topological polar surface area (TPSA) is 50.4 Å². The van der Waals surface area contributed by atoms with Crippen molar-refractivity contribution in [3.63, 3.8) is 0 Å². The van der Waals surface area contributed by atoms with Crippen LogP contribution in [-0.2, 0) is 6.61 Å². The van der Waals surface area contributed by atoms with E-state index in [0.29, 0.717) is 12.3 Å². The van der Waals surface area contributed by atoms with Gasteiger partial charge in [0.1, 0.15) is 12.4 Å². The predicted octanol–water partition coefficient (Wildman–Crippen LogP) is 2.90. The molecule has 0 bridgehead atoms. The highest BCUT2D eigenvalue weighted by Gasteiger charge is 2.03. The fourth-order valence-electron chi connectivity index (χ4n) is 2.31. The first kappa shape index (κ1) is 16.8. The number of benzene rings is 3. The Hall–Kier alpha value is -3.05. The summed E-state index contributed by atoms with van der Waals surface area (Å²) in [5.74, 6) is 0.762. The van der Waals surface area contributed by atoms with Crippen molar-refractivity contribution in [2.24, 2.45) is 0 Å². The number of rotatable bonds is 5. The van der Waals surface area contributed by atoms with E-state index in [0.717, 1.165) is 27.2 Å². The number of carbonyl (C=O) groups excluding carboxylic acids is 1. The lowest BCUT2D eigenvalue weighted by atomic mass is 10.2. The van der Waals surface area contributed by atoms with Gasteiger partial charge in [0.15, 0.2) is 0 Å². The first-order chi connectivity index (χ1) is 12.2. The summed E-state index contributed by atoms with van der Waals surface area (Å²) in [6, 6.07) is 24.9. The van der Waals surface area contributed by atoms with Crippen LogP contribution in [0.3, 0.4) is 0 Å². The van der Waals surface area contributed by atoms with E-state index in [2.05, 4.69) is 10.6 Å². The van der Waals surface area contributed by atoms with E-state index in [-0.39, 0.29) is 6.03 Å². The van der Waals surface area contributed by atoms with E-state index in [4.69, 9.17) is 4.74 Å². The Morgan fingerprint density at radius 2 is 1.36 bits per heavy atom. The van der Waals surface area contributed by atoms with Crippen molar-refractivity contribution < 1.29 is 9.53 Å². The quantitative estimate of drug-likeness (QED) is 0.697. The summed E-state index contributed by atoms with van der Waals surface area (Å²) in [5, 5.41) is 6.91. The van der Waals surface area contributed by atoms with Crippen LogP contribution in [0.15, 0.2) is 78.9 Å². The molecule has 3 rings (SSSR count). The lowest BCUT2D eigenvalue weighted by molar-refractivity contribution is 0.262. The fourth-order valence-corrected chi connectivity index (χ4v) is 2.64. The minimum Gasteiger partial charge on any atom is -0.489 e. The highest BCUT2D eigenvalue weighted by molar-refractivity contribution is 6.32. The van der Waals surface area contributed by atoms with Gasteiger partial charge in [-0.1, -0.05) is 47.7 Å². The smallest absolute Gasteiger partial charge is 0.323 e. The maximum Gasteiger partial charge on any atom is 0.323 e. The molecule has 4 nitrogen and oxygen atoms in total. The molecule has 3 aromatic rings. The molecule has 0 saturated carbocycles. The van der Waals surface area contributed by atoms with E-state index in [1.807, 2.05) is 78.9 Å². The van der Waals surface area contributed by atoms with Crippen molar-refractivity contribution in [3.8, 4) is 5.75 Å². The molecule has 2 amide bonds. The second-order valence-electron chi connectivity index (χ2n) is 5.74. The van der Waals surface area contributed by atoms with Gasteiger partial charge in [-0.3, -0.25) is 0 Å². The standard InChI is InChI=1S/C20H20N2O2Si/c23-20(22-17-8-12-19(25)13-9-17)21-16-6-10-18(11-7-16)24-14-15-4-2-1-3-5-15/h1-13H,14H2,25H3,(H2,21,22,23). The van der Waals surface area contributed by atoms with Crippen LogP contribution >= 0.6 is 0 Å². The summed E-state index contributed by atoms with van der Waals surface area (Å²) in [4.78, 5) is 12.0. The second-order valence-corrected chi connectivity index (χ2v) is 6.90. The summed E-state index contributed by atoms with van der Waals surface area (Å²) in [5.41, 5.74) is 2.61. The van der Waals surface area contributed by atoms with Gasteiger partial charge in [0.2, 0.25) is 0 Å². The summed E-state index contributed by atoms with van der Waals surface area (Å²) in [6.45, 7) is 0.518. The maximum atomic E-state index is 12.0. The number of hydrogen-bond donors (Lipinski definition) is 2.